The lowest BCUT2D eigenvalue weighted by molar-refractivity contribution is 0.0689. The molecular weight excluding hydrogens is 228 g/mol. The van der Waals surface area contributed by atoms with Crippen molar-refractivity contribution in [2.24, 2.45) is 5.92 Å². The number of aromatic amines is 1. The summed E-state index contributed by atoms with van der Waals surface area (Å²) in [5.41, 5.74) is 2.36. The Labute approximate surface area is 107 Å². The van der Waals surface area contributed by atoms with E-state index in [0.717, 1.165) is 30.0 Å². The lowest BCUT2D eigenvalue weighted by Gasteiger charge is -2.32. The first-order valence-electron chi connectivity index (χ1n) is 7.08. The van der Waals surface area contributed by atoms with Gasteiger partial charge >= 0.3 is 5.97 Å². The predicted octanol–water partition coefficient (Wildman–Crippen LogP) is 3.11. The second kappa shape index (κ2) is 4.75. The Morgan fingerprint density at radius 1 is 1.17 bits per heavy atom. The Morgan fingerprint density at radius 2 is 1.94 bits per heavy atom. The van der Waals surface area contributed by atoms with E-state index in [1.165, 1.54) is 38.5 Å². The van der Waals surface area contributed by atoms with Crippen LogP contribution in [-0.4, -0.2) is 21.3 Å². The number of aromatic nitrogens is 2. The summed E-state index contributed by atoms with van der Waals surface area (Å²) in [5, 5.41) is 16.2. The molecule has 1 aromatic rings. The molecule has 2 aliphatic carbocycles. The number of aromatic carboxylic acids is 1. The van der Waals surface area contributed by atoms with Gasteiger partial charge < -0.3 is 5.11 Å². The number of carboxylic acids is 1. The van der Waals surface area contributed by atoms with Crippen LogP contribution in [0.15, 0.2) is 0 Å². The Bertz CT molecular complexity index is 447. The van der Waals surface area contributed by atoms with Gasteiger partial charge in [-0.3, -0.25) is 5.10 Å². The normalized spacial score (nSPS) is 24.8. The molecule has 2 aliphatic rings. The van der Waals surface area contributed by atoms with E-state index in [1.54, 1.807) is 0 Å². The molecule has 0 bridgehead atoms. The van der Waals surface area contributed by atoms with Crippen molar-refractivity contribution >= 4 is 5.97 Å². The largest absolute Gasteiger partial charge is 0.476 e. The predicted molar refractivity (Wildman–Crippen MR) is 67.8 cm³/mol. The average Bonchev–Trinajstić information content (AvgIpc) is 2.83. The van der Waals surface area contributed by atoms with Gasteiger partial charge in [0.1, 0.15) is 0 Å². The minimum Gasteiger partial charge on any atom is -0.476 e. The van der Waals surface area contributed by atoms with Crippen LogP contribution >= 0.6 is 0 Å². The van der Waals surface area contributed by atoms with Crippen LogP contribution in [0.5, 0.6) is 0 Å². The zero-order chi connectivity index (χ0) is 12.5. The van der Waals surface area contributed by atoms with E-state index in [-0.39, 0.29) is 5.69 Å². The maximum absolute atomic E-state index is 11.1. The number of nitrogens with one attached hydrogen (secondary N) is 1. The van der Waals surface area contributed by atoms with Gasteiger partial charge in [0, 0.05) is 17.2 Å². The molecule has 1 atom stereocenters. The van der Waals surface area contributed by atoms with Crippen LogP contribution < -0.4 is 0 Å². The van der Waals surface area contributed by atoms with Crippen molar-refractivity contribution in [3.8, 4) is 0 Å². The molecule has 0 aromatic carbocycles. The van der Waals surface area contributed by atoms with Crippen molar-refractivity contribution in [3.63, 3.8) is 0 Å². The van der Waals surface area contributed by atoms with E-state index < -0.39 is 5.97 Å². The number of rotatable bonds is 2. The topological polar surface area (TPSA) is 66.0 Å². The monoisotopic (exact) mass is 248 g/mol. The van der Waals surface area contributed by atoms with Gasteiger partial charge in [-0.2, -0.15) is 5.10 Å². The van der Waals surface area contributed by atoms with Crippen LogP contribution in [0.25, 0.3) is 0 Å². The molecule has 98 valence electrons. The third kappa shape index (κ3) is 1.93. The molecule has 1 heterocycles. The minimum absolute atomic E-state index is 0.255. The fourth-order valence-corrected chi connectivity index (χ4v) is 3.77. The van der Waals surface area contributed by atoms with Gasteiger partial charge in [0.15, 0.2) is 5.69 Å². The zero-order valence-electron chi connectivity index (χ0n) is 10.6. The molecule has 18 heavy (non-hydrogen) atoms. The van der Waals surface area contributed by atoms with E-state index in [9.17, 15) is 4.79 Å². The molecule has 0 aliphatic heterocycles. The lowest BCUT2D eigenvalue weighted by atomic mass is 9.73. The van der Waals surface area contributed by atoms with Crippen LogP contribution in [-0.2, 0) is 6.42 Å². The average molecular weight is 248 g/mol. The van der Waals surface area contributed by atoms with Gasteiger partial charge in [-0.15, -0.1) is 0 Å². The summed E-state index contributed by atoms with van der Waals surface area (Å²) >= 11 is 0. The molecule has 1 aromatic heterocycles. The lowest BCUT2D eigenvalue weighted by Crippen LogP contribution is -2.21. The van der Waals surface area contributed by atoms with Gasteiger partial charge in [-0.1, -0.05) is 19.3 Å². The maximum atomic E-state index is 11.1. The SMILES string of the molecule is O=C(O)c1n[nH]c2c1CCCC2C1CCCCC1. The standard InChI is InChI=1S/C14H20N2O2/c17-14(18)13-11-8-4-7-10(12(11)15-16-13)9-5-2-1-3-6-9/h9-10H,1-8H2,(H,15,16)(H,17,18). The van der Waals surface area contributed by atoms with Crippen molar-refractivity contribution in [1.82, 2.24) is 10.2 Å². The fourth-order valence-electron chi connectivity index (χ4n) is 3.77. The summed E-state index contributed by atoms with van der Waals surface area (Å²) in [7, 11) is 0. The highest BCUT2D eigenvalue weighted by atomic mass is 16.4. The Balaban J connectivity index is 1.89. The number of H-pyrrole nitrogens is 1. The highest BCUT2D eigenvalue weighted by Gasteiger charge is 2.33. The molecule has 4 nitrogen and oxygen atoms in total. The first kappa shape index (κ1) is 11.8. The third-order valence-corrected chi connectivity index (χ3v) is 4.63. The molecule has 3 rings (SSSR count). The zero-order valence-corrected chi connectivity index (χ0v) is 10.6. The summed E-state index contributed by atoms with van der Waals surface area (Å²) in [5.74, 6) is 0.367. The van der Waals surface area contributed by atoms with Gasteiger partial charge in [0.05, 0.1) is 0 Å². The highest BCUT2D eigenvalue weighted by Crippen LogP contribution is 2.42. The summed E-state index contributed by atoms with van der Waals surface area (Å²) in [6.07, 6.45) is 9.78. The number of hydrogen-bond donors (Lipinski definition) is 2. The Morgan fingerprint density at radius 3 is 2.67 bits per heavy atom. The van der Waals surface area contributed by atoms with Crippen molar-refractivity contribution in [2.75, 3.05) is 0 Å². The Kier molecular flexibility index (Phi) is 3.10. The summed E-state index contributed by atoms with van der Waals surface area (Å²) < 4.78 is 0. The maximum Gasteiger partial charge on any atom is 0.356 e. The van der Waals surface area contributed by atoms with E-state index in [4.69, 9.17) is 5.11 Å². The molecule has 2 N–H and O–H groups in total. The molecule has 1 unspecified atom stereocenters. The highest BCUT2D eigenvalue weighted by molar-refractivity contribution is 5.87. The van der Waals surface area contributed by atoms with E-state index >= 15 is 0 Å². The van der Waals surface area contributed by atoms with Crippen LogP contribution in [0, 0.1) is 5.92 Å². The van der Waals surface area contributed by atoms with Gasteiger partial charge in [0.25, 0.3) is 0 Å². The van der Waals surface area contributed by atoms with Crippen LogP contribution in [0.4, 0.5) is 0 Å². The molecule has 4 heteroatoms. The first-order valence-corrected chi connectivity index (χ1v) is 7.08. The minimum atomic E-state index is -0.892. The van der Waals surface area contributed by atoms with Crippen molar-refractivity contribution in [1.29, 1.82) is 0 Å². The first-order chi connectivity index (χ1) is 8.77. The van der Waals surface area contributed by atoms with Crippen molar-refractivity contribution < 1.29 is 9.90 Å². The number of carboxylic acid groups (broad SMARTS) is 1. The Hall–Kier alpha value is -1.32. The summed E-state index contributed by atoms with van der Waals surface area (Å²) in [6.45, 7) is 0. The van der Waals surface area contributed by atoms with Crippen molar-refractivity contribution in [3.05, 3.63) is 17.0 Å². The number of fused-ring (bicyclic) bond motifs is 1. The molecule has 1 saturated carbocycles. The molecule has 0 spiro atoms. The van der Waals surface area contributed by atoms with Gasteiger partial charge in [-0.05, 0) is 38.0 Å². The summed E-state index contributed by atoms with van der Waals surface area (Å²) in [4.78, 5) is 11.1. The second-order valence-corrected chi connectivity index (χ2v) is 5.67. The third-order valence-electron chi connectivity index (χ3n) is 4.63. The van der Waals surface area contributed by atoms with Crippen molar-refractivity contribution in [2.45, 2.75) is 57.3 Å². The quantitative estimate of drug-likeness (QED) is 0.845. The van der Waals surface area contributed by atoms with E-state index in [2.05, 4.69) is 10.2 Å². The molecular formula is C14H20N2O2. The summed E-state index contributed by atoms with van der Waals surface area (Å²) in [6, 6.07) is 0. The number of carbonyl (C=O) groups is 1. The second-order valence-electron chi connectivity index (χ2n) is 5.67. The van der Waals surface area contributed by atoms with Crippen LogP contribution in [0.2, 0.25) is 0 Å². The number of nitrogens with zero attached hydrogens (tertiary/aromatic N) is 1. The van der Waals surface area contributed by atoms with E-state index in [0.29, 0.717) is 5.92 Å². The molecule has 0 radical (unpaired) electrons. The van der Waals surface area contributed by atoms with E-state index in [1.807, 2.05) is 0 Å². The smallest absolute Gasteiger partial charge is 0.356 e. The van der Waals surface area contributed by atoms with Gasteiger partial charge in [0.2, 0.25) is 0 Å². The van der Waals surface area contributed by atoms with Gasteiger partial charge in [-0.25, -0.2) is 4.79 Å². The number of hydrogen-bond acceptors (Lipinski definition) is 2. The fraction of sp³-hybridized carbons (Fsp3) is 0.714. The molecule has 0 amide bonds. The van der Waals surface area contributed by atoms with Crippen LogP contribution in [0.1, 0.15) is 72.6 Å². The molecule has 1 fully saturated rings. The van der Waals surface area contributed by atoms with Crippen LogP contribution in [0.3, 0.4) is 0 Å². The molecule has 0 saturated heterocycles.